The second kappa shape index (κ2) is 5.58. The van der Waals surface area contributed by atoms with E-state index in [1.165, 1.54) is 11.8 Å². The number of hydrogen-bond acceptors (Lipinski definition) is 6. The summed E-state index contributed by atoms with van der Waals surface area (Å²) in [5, 5.41) is 9.29. The van der Waals surface area contributed by atoms with Crippen LogP contribution in [0.3, 0.4) is 0 Å². The Balaban J connectivity index is 1.97. The highest BCUT2D eigenvalue weighted by atomic mass is 32.2. The van der Waals surface area contributed by atoms with Crippen molar-refractivity contribution in [2.24, 2.45) is 12.9 Å². The molecule has 0 aliphatic heterocycles. The van der Waals surface area contributed by atoms with Gasteiger partial charge in [-0.1, -0.05) is 30.0 Å². The molecule has 1 aromatic carbocycles. The van der Waals surface area contributed by atoms with Crippen molar-refractivity contribution in [3.63, 3.8) is 0 Å². The highest BCUT2D eigenvalue weighted by Crippen LogP contribution is 2.30. The molecule has 21 heavy (non-hydrogen) atoms. The van der Waals surface area contributed by atoms with Crippen LogP contribution < -0.4 is 11.3 Å². The first-order valence-corrected chi connectivity index (χ1v) is 7.17. The Morgan fingerprint density at radius 1 is 1.48 bits per heavy atom. The van der Waals surface area contributed by atoms with Gasteiger partial charge >= 0.3 is 0 Å². The van der Waals surface area contributed by atoms with Gasteiger partial charge in [-0.15, -0.1) is 10.2 Å². The molecular weight excluding hydrogens is 290 g/mol. The summed E-state index contributed by atoms with van der Waals surface area (Å²) in [4.78, 5) is 12.0. The van der Waals surface area contributed by atoms with E-state index in [0.717, 1.165) is 10.5 Å². The molecule has 0 aliphatic carbocycles. The van der Waals surface area contributed by atoms with Gasteiger partial charge in [-0.2, -0.15) is 0 Å². The molecule has 0 aliphatic rings. The number of rotatable bonds is 4. The van der Waals surface area contributed by atoms with Crippen LogP contribution in [0.15, 0.2) is 40.2 Å². The molecule has 0 saturated heterocycles. The third-order valence-electron chi connectivity index (χ3n) is 3.03. The quantitative estimate of drug-likeness (QED) is 0.328. The van der Waals surface area contributed by atoms with Gasteiger partial charge < -0.3 is 8.98 Å². The van der Waals surface area contributed by atoms with Crippen LogP contribution in [-0.2, 0) is 12.8 Å². The summed E-state index contributed by atoms with van der Waals surface area (Å²) in [5.74, 6) is 5.92. The predicted octanol–water partition coefficient (Wildman–Crippen LogP) is 1.46. The number of nitrogens with two attached hydrogens (primary N) is 1. The van der Waals surface area contributed by atoms with Gasteiger partial charge in [0.25, 0.3) is 5.91 Å². The van der Waals surface area contributed by atoms with Gasteiger partial charge in [-0.05, 0) is 6.07 Å². The normalized spacial score (nSPS) is 11.0. The second-order valence-corrected chi connectivity index (χ2v) is 5.33. The number of thioether (sulfide) groups is 1. The van der Waals surface area contributed by atoms with Gasteiger partial charge in [0, 0.05) is 12.4 Å². The molecule has 0 unspecified atom stereocenters. The number of nitrogens with one attached hydrogen (secondary N) is 1. The number of furan rings is 1. The molecule has 3 aromatic rings. The molecule has 108 valence electrons. The zero-order valence-electron chi connectivity index (χ0n) is 11.2. The summed E-state index contributed by atoms with van der Waals surface area (Å²) < 4.78 is 7.57. The molecule has 0 atom stereocenters. The first-order chi connectivity index (χ1) is 10.2. The van der Waals surface area contributed by atoms with E-state index in [-0.39, 0.29) is 5.91 Å². The SMILES string of the molecule is Cn1cnnc1SCc1oc2ccccc2c1C(=O)NN. The van der Waals surface area contributed by atoms with Crippen molar-refractivity contribution in [3.05, 3.63) is 41.9 Å². The number of hydrazine groups is 1. The van der Waals surface area contributed by atoms with E-state index in [9.17, 15) is 4.79 Å². The van der Waals surface area contributed by atoms with E-state index >= 15 is 0 Å². The van der Waals surface area contributed by atoms with Crippen molar-refractivity contribution in [2.45, 2.75) is 10.9 Å². The number of carbonyl (C=O) groups is 1. The van der Waals surface area contributed by atoms with E-state index in [1.807, 2.05) is 31.3 Å². The summed E-state index contributed by atoms with van der Waals surface area (Å²) in [6, 6.07) is 7.36. The van der Waals surface area contributed by atoms with Crippen LogP contribution in [0.25, 0.3) is 11.0 Å². The summed E-state index contributed by atoms with van der Waals surface area (Å²) >= 11 is 1.44. The van der Waals surface area contributed by atoms with E-state index in [4.69, 9.17) is 10.3 Å². The predicted molar refractivity (Wildman–Crippen MR) is 78.4 cm³/mol. The number of nitrogen functional groups attached to an aromatic ring is 1. The molecule has 3 rings (SSSR count). The van der Waals surface area contributed by atoms with Crippen molar-refractivity contribution in [2.75, 3.05) is 0 Å². The van der Waals surface area contributed by atoms with Crippen LogP contribution in [0, 0.1) is 0 Å². The average molecular weight is 303 g/mol. The molecule has 0 saturated carbocycles. The molecule has 3 N–H and O–H groups in total. The molecule has 1 amide bonds. The number of fused-ring (bicyclic) bond motifs is 1. The zero-order chi connectivity index (χ0) is 14.8. The summed E-state index contributed by atoms with van der Waals surface area (Å²) in [6.07, 6.45) is 1.62. The van der Waals surface area contributed by atoms with Crippen molar-refractivity contribution in [1.29, 1.82) is 0 Å². The lowest BCUT2D eigenvalue weighted by Gasteiger charge is -2.02. The number of amides is 1. The zero-order valence-corrected chi connectivity index (χ0v) is 12.1. The fourth-order valence-electron chi connectivity index (χ4n) is 2.05. The number of nitrogens with zero attached hydrogens (tertiary/aromatic N) is 3. The number of aromatic nitrogens is 3. The first kappa shape index (κ1) is 13.7. The Kier molecular flexibility index (Phi) is 3.63. The number of benzene rings is 1. The van der Waals surface area contributed by atoms with Gasteiger partial charge in [0.2, 0.25) is 0 Å². The van der Waals surface area contributed by atoms with Crippen LogP contribution in [0.5, 0.6) is 0 Å². The Bertz CT molecular complexity index is 795. The fourth-order valence-corrected chi connectivity index (χ4v) is 2.87. The highest BCUT2D eigenvalue weighted by Gasteiger charge is 2.20. The third kappa shape index (κ3) is 2.50. The molecule has 2 aromatic heterocycles. The molecule has 0 bridgehead atoms. The lowest BCUT2D eigenvalue weighted by molar-refractivity contribution is 0.0953. The molecular formula is C13H13N5O2S. The molecule has 0 fully saturated rings. The largest absolute Gasteiger partial charge is 0.459 e. The fraction of sp³-hybridized carbons (Fsp3) is 0.154. The van der Waals surface area contributed by atoms with E-state index < -0.39 is 0 Å². The van der Waals surface area contributed by atoms with Crippen LogP contribution in [0.1, 0.15) is 16.1 Å². The van der Waals surface area contributed by atoms with E-state index in [1.54, 1.807) is 10.9 Å². The van der Waals surface area contributed by atoms with Crippen LogP contribution in [0.2, 0.25) is 0 Å². The van der Waals surface area contributed by atoms with Gasteiger partial charge in [0.15, 0.2) is 5.16 Å². The second-order valence-electron chi connectivity index (χ2n) is 4.38. The van der Waals surface area contributed by atoms with Gasteiger partial charge in [0.05, 0.1) is 11.3 Å². The molecule has 7 nitrogen and oxygen atoms in total. The average Bonchev–Trinajstić information content (AvgIpc) is 3.07. The molecule has 2 heterocycles. The maximum Gasteiger partial charge on any atom is 0.269 e. The monoisotopic (exact) mass is 303 g/mol. The number of carbonyl (C=O) groups excluding carboxylic acids is 1. The Labute approximate surface area is 124 Å². The van der Waals surface area contributed by atoms with Crippen LogP contribution >= 0.6 is 11.8 Å². The van der Waals surface area contributed by atoms with Crippen molar-refractivity contribution < 1.29 is 9.21 Å². The van der Waals surface area contributed by atoms with Gasteiger partial charge in [-0.3, -0.25) is 10.2 Å². The summed E-state index contributed by atoms with van der Waals surface area (Å²) in [5.41, 5.74) is 3.28. The maximum absolute atomic E-state index is 12.0. The summed E-state index contributed by atoms with van der Waals surface area (Å²) in [7, 11) is 1.86. The number of hydrogen-bond donors (Lipinski definition) is 2. The Hall–Kier alpha value is -2.32. The number of aryl methyl sites for hydroxylation is 1. The Morgan fingerprint density at radius 2 is 2.29 bits per heavy atom. The highest BCUT2D eigenvalue weighted by molar-refractivity contribution is 7.98. The lowest BCUT2D eigenvalue weighted by atomic mass is 10.1. The van der Waals surface area contributed by atoms with Gasteiger partial charge in [0.1, 0.15) is 17.7 Å². The smallest absolute Gasteiger partial charge is 0.269 e. The summed E-state index contributed by atoms with van der Waals surface area (Å²) in [6.45, 7) is 0. The van der Waals surface area contributed by atoms with Crippen LogP contribution in [-0.4, -0.2) is 20.7 Å². The molecule has 8 heteroatoms. The Morgan fingerprint density at radius 3 is 3.00 bits per heavy atom. The lowest BCUT2D eigenvalue weighted by Crippen LogP contribution is -2.30. The van der Waals surface area contributed by atoms with Crippen molar-refractivity contribution in [3.8, 4) is 0 Å². The molecule has 0 spiro atoms. The minimum Gasteiger partial charge on any atom is -0.459 e. The van der Waals surface area contributed by atoms with Crippen LogP contribution in [0.4, 0.5) is 0 Å². The van der Waals surface area contributed by atoms with E-state index in [2.05, 4.69) is 15.6 Å². The van der Waals surface area contributed by atoms with Gasteiger partial charge in [-0.25, -0.2) is 5.84 Å². The molecule has 0 radical (unpaired) electrons. The minimum absolute atomic E-state index is 0.367. The van der Waals surface area contributed by atoms with Crippen molar-refractivity contribution >= 4 is 28.6 Å². The minimum atomic E-state index is -0.367. The topological polar surface area (TPSA) is 99.0 Å². The van der Waals surface area contributed by atoms with Crippen molar-refractivity contribution in [1.82, 2.24) is 20.2 Å². The third-order valence-corrected chi connectivity index (χ3v) is 4.06. The first-order valence-electron chi connectivity index (χ1n) is 6.19. The maximum atomic E-state index is 12.0. The number of para-hydroxylation sites is 1. The van der Waals surface area contributed by atoms with E-state index in [0.29, 0.717) is 22.7 Å². The standard InChI is InChI=1S/C13H13N5O2S/c1-18-7-15-17-13(18)21-6-10-11(12(19)16-14)8-4-2-3-5-9(8)20-10/h2-5,7H,6,14H2,1H3,(H,16,19).